The number of carbonyl (C=O) groups excluding carboxylic acids is 2. The average molecular weight is 746 g/mol. The Kier molecular flexibility index (Phi) is 13.9. The molecule has 0 bridgehead atoms. The van der Waals surface area contributed by atoms with Gasteiger partial charge < -0.3 is 42.8 Å². The van der Waals surface area contributed by atoms with Gasteiger partial charge in [-0.25, -0.2) is 0 Å². The quantitative estimate of drug-likeness (QED) is 0.198. The molecular formula is C42H67NO10. The van der Waals surface area contributed by atoms with E-state index in [2.05, 4.69) is 51.1 Å². The van der Waals surface area contributed by atoms with Gasteiger partial charge in [0.2, 0.25) is 0 Å². The van der Waals surface area contributed by atoms with Gasteiger partial charge in [0.05, 0.1) is 30.8 Å². The summed E-state index contributed by atoms with van der Waals surface area (Å²) in [5.41, 5.74) is 0.765. The van der Waals surface area contributed by atoms with Gasteiger partial charge in [-0.3, -0.25) is 9.59 Å². The molecule has 0 amide bonds. The first-order valence-electron chi connectivity index (χ1n) is 20.6. The monoisotopic (exact) mass is 745 g/mol. The third-order valence-electron chi connectivity index (χ3n) is 13.3. The van der Waals surface area contributed by atoms with Crippen molar-refractivity contribution in [1.29, 1.82) is 0 Å². The fraction of sp³-hybridized carbons (Fsp3) is 0.857. The van der Waals surface area contributed by atoms with E-state index >= 15 is 0 Å². The lowest BCUT2D eigenvalue weighted by molar-refractivity contribution is -0.317. The molecule has 0 radical (unpaired) electrons. The van der Waals surface area contributed by atoms with E-state index in [0.717, 1.165) is 50.5 Å². The highest BCUT2D eigenvalue weighted by Crippen LogP contribution is 2.54. The Balaban J connectivity index is 1.20. The third-order valence-corrected chi connectivity index (χ3v) is 13.3. The summed E-state index contributed by atoms with van der Waals surface area (Å²) in [6.07, 6.45) is 10.9. The molecule has 3 saturated heterocycles. The van der Waals surface area contributed by atoms with Crippen molar-refractivity contribution in [2.75, 3.05) is 34.9 Å². The van der Waals surface area contributed by atoms with Crippen LogP contribution in [0.2, 0.25) is 0 Å². The Morgan fingerprint density at radius 2 is 1.62 bits per heavy atom. The van der Waals surface area contributed by atoms with Gasteiger partial charge in [0.15, 0.2) is 18.4 Å². The molecule has 6 aliphatic rings. The molecule has 11 heteroatoms. The molecule has 17 atom stereocenters. The molecule has 3 heterocycles. The second-order valence-corrected chi connectivity index (χ2v) is 16.7. The van der Waals surface area contributed by atoms with Crippen molar-refractivity contribution >= 4 is 11.8 Å². The van der Waals surface area contributed by atoms with Gasteiger partial charge in [-0.1, -0.05) is 32.1 Å². The number of esters is 1. The molecule has 0 aromatic heterocycles. The first-order valence-corrected chi connectivity index (χ1v) is 20.6. The summed E-state index contributed by atoms with van der Waals surface area (Å²) in [6.45, 7) is 10.7. The average Bonchev–Trinajstić information content (AvgIpc) is 3.70. The van der Waals surface area contributed by atoms with E-state index in [4.69, 9.17) is 37.9 Å². The summed E-state index contributed by atoms with van der Waals surface area (Å²) in [7, 11) is 7.52. The topological polar surface area (TPSA) is 111 Å². The molecule has 0 aromatic rings. The largest absolute Gasteiger partial charge is 0.462 e. The number of ketones is 1. The van der Waals surface area contributed by atoms with Crippen molar-refractivity contribution in [3.8, 4) is 0 Å². The number of hydrogen-bond acceptors (Lipinski definition) is 11. The zero-order valence-corrected chi connectivity index (χ0v) is 33.6. The van der Waals surface area contributed by atoms with Gasteiger partial charge in [-0.05, 0) is 115 Å². The summed E-state index contributed by atoms with van der Waals surface area (Å²) < 4.78 is 50.1. The molecule has 3 aliphatic carbocycles. The molecule has 9 unspecified atom stereocenters. The van der Waals surface area contributed by atoms with E-state index in [1.807, 2.05) is 20.8 Å². The first kappa shape index (κ1) is 40.9. The summed E-state index contributed by atoms with van der Waals surface area (Å²) in [5.74, 6) is 0.0193. The Hall–Kier alpha value is -1.70. The molecule has 6 rings (SSSR count). The standard InChI is InChI=1S/C42H67NO10/c1-10-27-13-12-14-35(53-37-18-17-34(43(6)7)24(4)49-37)23(3)38(45)33-21-31-29(32(33)22-36(44)51-27)16-15-26-19-28(20-30(26)31)52-42-41(47-9)40(48-11-2)39(46-8)25(5)50-42/h15-16,21,23-32,34-35,37,39-42H,10-14,17-20,22H2,1-9H3/t23-,24?,25?,26-,27+,28-,29-,30-,31-,32+,34?,35?,37?,39?,40?,41?,42?/m1/s1. The molecule has 3 aliphatic heterocycles. The van der Waals surface area contributed by atoms with Crippen LogP contribution in [0.3, 0.4) is 0 Å². The molecule has 0 aromatic carbocycles. The van der Waals surface area contributed by atoms with Crippen LogP contribution in [0, 0.1) is 35.5 Å². The molecular weight excluding hydrogens is 678 g/mol. The molecule has 11 nitrogen and oxygen atoms in total. The van der Waals surface area contributed by atoms with Crippen LogP contribution in [0.4, 0.5) is 0 Å². The van der Waals surface area contributed by atoms with Crippen molar-refractivity contribution in [2.24, 2.45) is 35.5 Å². The van der Waals surface area contributed by atoms with E-state index in [1.165, 1.54) is 0 Å². The van der Waals surface area contributed by atoms with Gasteiger partial charge in [0.25, 0.3) is 0 Å². The predicted molar refractivity (Wildman–Crippen MR) is 199 cm³/mol. The zero-order valence-electron chi connectivity index (χ0n) is 33.6. The second-order valence-electron chi connectivity index (χ2n) is 16.7. The number of allylic oxidation sites excluding steroid dienone is 4. The highest BCUT2D eigenvalue weighted by atomic mass is 16.7. The second kappa shape index (κ2) is 18.0. The van der Waals surface area contributed by atoms with Crippen LogP contribution in [-0.4, -0.2) is 119 Å². The molecule has 0 spiro atoms. The number of carbonyl (C=O) groups is 2. The van der Waals surface area contributed by atoms with Crippen molar-refractivity contribution in [2.45, 2.75) is 160 Å². The number of rotatable bonds is 10. The minimum atomic E-state index is -0.592. The van der Waals surface area contributed by atoms with Crippen LogP contribution in [0.15, 0.2) is 23.8 Å². The van der Waals surface area contributed by atoms with E-state index in [0.29, 0.717) is 25.0 Å². The number of ether oxygens (including phenoxy) is 8. The SMILES string of the molecule is CCOC1C(OC)C(C)OC(O[C@H]2C[C@H]3[C@@H]4C=C5C(=O)[C@H](C)C(OC6CCC(N(C)C)C(C)O6)CCC[C@H](CC)OC(=O)C[C@H]5[C@@H]4C=C[C@@H]3C2)C1OC. The smallest absolute Gasteiger partial charge is 0.306 e. The lowest BCUT2D eigenvalue weighted by Crippen LogP contribution is -2.60. The molecule has 4 fully saturated rings. The maximum Gasteiger partial charge on any atom is 0.306 e. The number of hydrogen-bond donors (Lipinski definition) is 0. The summed E-state index contributed by atoms with van der Waals surface area (Å²) in [4.78, 5) is 30.4. The summed E-state index contributed by atoms with van der Waals surface area (Å²) in [5, 5.41) is 0. The van der Waals surface area contributed by atoms with Crippen LogP contribution in [0.1, 0.15) is 92.4 Å². The number of likely N-dealkylation sites (N-methyl/N-ethyl adjacent to an activating group) is 1. The van der Waals surface area contributed by atoms with Crippen molar-refractivity contribution in [3.63, 3.8) is 0 Å². The maximum absolute atomic E-state index is 14.7. The van der Waals surface area contributed by atoms with Gasteiger partial charge in [0.1, 0.15) is 24.4 Å². The summed E-state index contributed by atoms with van der Waals surface area (Å²) >= 11 is 0. The van der Waals surface area contributed by atoms with E-state index in [9.17, 15) is 9.59 Å². The minimum absolute atomic E-state index is 0.0377. The van der Waals surface area contributed by atoms with Crippen molar-refractivity contribution in [3.05, 3.63) is 23.8 Å². The van der Waals surface area contributed by atoms with Crippen LogP contribution in [0.25, 0.3) is 0 Å². The fourth-order valence-electron chi connectivity index (χ4n) is 10.5. The number of cyclic esters (lactones) is 1. The molecule has 0 N–H and O–H groups in total. The van der Waals surface area contributed by atoms with Gasteiger partial charge in [-0.15, -0.1) is 0 Å². The van der Waals surface area contributed by atoms with Crippen LogP contribution >= 0.6 is 0 Å². The lowest BCUT2D eigenvalue weighted by Gasteiger charge is -2.44. The van der Waals surface area contributed by atoms with Crippen LogP contribution in [-0.2, 0) is 47.5 Å². The molecule has 1 saturated carbocycles. The number of methoxy groups -OCH3 is 2. The predicted octanol–water partition coefficient (Wildman–Crippen LogP) is 5.88. The molecule has 300 valence electrons. The highest BCUT2D eigenvalue weighted by molar-refractivity contribution is 5.99. The minimum Gasteiger partial charge on any atom is -0.462 e. The van der Waals surface area contributed by atoms with Crippen molar-refractivity contribution < 1.29 is 47.5 Å². The van der Waals surface area contributed by atoms with E-state index < -0.39 is 12.4 Å². The molecule has 53 heavy (non-hydrogen) atoms. The Morgan fingerprint density at radius 3 is 2.30 bits per heavy atom. The van der Waals surface area contributed by atoms with E-state index in [-0.39, 0.29) is 96.8 Å². The van der Waals surface area contributed by atoms with Gasteiger partial charge >= 0.3 is 5.97 Å². The summed E-state index contributed by atoms with van der Waals surface area (Å²) in [6, 6.07) is 0.339. The van der Waals surface area contributed by atoms with Crippen LogP contribution < -0.4 is 0 Å². The lowest BCUT2D eigenvalue weighted by atomic mass is 9.70. The Labute approximate surface area is 317 Å². The van der Waals surface area contributed by atoms with Crippen molar-refractivity contribution in [1.82, 2.24) is 4.90 Å². The number of fused-ring (bicyclic) bond motifs is 5. The fourth-order valence-corrected chi connectivity index (χ4v) is 10.5. The van der Waals surface area contributed by atoms with Crippen LogP contribution in [0.5, 0.6) is 0 Å². The normalized spacial score (nSPS) is 45.1. The van der Waals surface area contributed by atoms with Gasteiger partial charge in [0, 0.05) is 38.7 Å². The third kappa shape index (κ3) is 8.83. The zero-order chi connectivity index (χ0) is 38.0. The number of nitrogens with zero attached hydrogens (tertiary/aromatic N) is 1. The number of Topliss-reactive ketones (excluding diaryl/α,β-unsaturated/α-hetero) is 1. The highest BCUT2D eigenvalue weighted by Gasteiger charge is 2.53. The Bertz CT molecular complexity index is 1300. The van der Waals surface area contributed by atoms with Gasteiger partial charge in [-0.2, -0.15) is 0 Å². The Morgan fingerprint density at radius 1 is 0.849 bits per heavy atom. The maximum atomic E-state index is 14.7. The van der Waals surface area contributed by atoms with E-state index in [1.54, 1.807) is 14.2 Å². The first-order chi connectivity index (χ1) is 25.5.